The highest BCUT2D eigenvalue weighted by molar-refractivity contribution is 7.89. The fourth-order valence-electron chi connectivity index (χ4n) is 2.49. The number of imidazole rings is 1. The highest BCUT2D eigenvalue weighted by Gasteiger charge is 2.22. The smallest absolute Gasteiger partial charge is 0.271 e. The molecule has 2 heterocycles. The van der Waals surface area contributed by atoms with Gasteiger partial charge in [-0.2, -0.15) is 0 Å². The lowest BCUT2D eigenvalue weighted by molar-refractivity contribution is -0.385. The van der Waals surface area contributed by atoms with Gasteiger partial charge in [0.2, 0.25) is 10.0 Å². The van der Waals surface area contributed by atoms with Gasteiger partial charge in [0.15, 0.2) is 0 Å². The SMILES string of the molecule is COc1ccc([N+](=O)[O-])cc1S(=O)(=O)NCCc1cn2ccccc2n1. The summed E-state index contributed by atoms with van der Waals surface area (Å²) in [5, 5.41) is 10.9. The van der Waals surface area contributed by atoms with E-state index in [0.717, 1.165) is 17.4 Å². The summed E-state index contributed by atoms with van der Waals surface area (Å²) in [5.41, 5.74) is 1.17. The van der Waals surface area contributed by atoms with Crippen molar-refractivity contribution in [1.29, 1.82) is 0 Å². The third-order valence-electron chi connectivity index (χ3n) is 3.73. The van der Waals surface area contributed by atoms with E-state index in [9.17, 15) is 18.5 Å². The van der Waals surface area contributed by atoms with Gasteiger partial charge in [-0.3, -0.25) is 10.1 Å². The monoisotopic (exact) mass is 376 g/mol. The van der Waals surface area contributed by atoms with Crippen LogP contribution in [0.1, 0.15) is 5.69 Å². The number of nitro groups is 1. The highest BCUT2D eigenvalue weighted by Crippen LogP contribution is 2.27. The van der Waals surface area contributed by atoms with Crippen LogP contribution in [-0.2, 0) is 16.4 Å². The maximum Gasteiger partial charge on any atom is 0.271 e. The van der Waals surface area contributed by atoms with Crippen LogP contribution >= 0.6 is 0 Å². The van der Waals surface area contributed by atoms with Crippen molar-refractivity contribution in [3.8, 4) is 5.75 Å². The first-order valence-corrected chi connectivity index (χ1v) is 9.14. The minimum atomic E-state index is -3.97. The lowest BCUT2D eigenvalue weighted by Crippen LogP contribution is -2.26. The van der Waals surface area contributed by atoms with Gasteiger partial charge in [-0.25, -0.2) is 18.1 Å². The minimum absolute atomic E-state index is 0.0378. The number of fused-ring (bicyclic) bond motifs is 1. The third-order valence-corrected chi connectivity index (χ3v) is 5.22. The summed E-state index contributed by atoms with van der Waals surface area (Å²) in [6.45, 7) is 0.0953. The zero-order chi connectivity index (χ0) is 18.7. The number of nitro benzene ring substituents is 1. The molecule has 0 amide bonds. The molecule has 26 heavy (non-hydrogen) atoms. The van der Waals surface area contributed by atoms with Crippen molar-refractivity contribution in [2.75, 3.05) is 13.7 Å². The molecule has 3 aromatic rings. The van der Waals surface area contributed by atoms with E-state index in [1.165, 1.54) is 19.2 Å². The summed E-state index contributed by atoms with van der Waals surface area (Å²) in [5.74, 6) is 0.0378. The van der Waals surface area contributed by atoms with Gasteiger partial charge in [0.25, 0.3) is 5.69 Å². The fourth-order valence-corrected chi connectivity index (χ4v) is 3.71. The lowest BCUT2D eigenvalue weighted by Gasteiger charge is -2.10. The van der Waals surface area contributed by atoms with E-state index in [4.69, 9.17) is 4.74 Å². The summed E-state index contributed by atoms with van der Waals surface area (Å²) in [4.78, 5) is 14.4. The maximum absolute atomic E-state index is 12.5. The molecule has 0 aliphatic carbocycles. The Morgan fingerprint density at radius 1 is 1.31 bits per heavy atom. The first-order valence-electron chi connectivity index (χ1n) is 7.65. The van der Waals surface area contributed by atoms with Crippen LogP contribution in [0.15, 0.2) is 53.7 Å². The normalized spacial score (nSPS) is 11.6. The zero-order valence-electron chi connectivity index (χ0n) is 13.8. The number of aromatic nitrogens is 2. The molecule has 0 aliphatic heterocycles. The van der Waals surface area contributed by atoms with Crippen LogP contribution in [0.2, 0.25) is 0 Å². The van der Waals surface area contributed by atoms with E-state index in [-0.39, 0.29) is 22.9 Å². The highest BCUT2D eigenvalue weighted by atomic mass is 32.2. The molecule has 10 heteroatoms. The van der Waals surface area contributed by atoms with E-state index in [0.29, 0.717) is 6.42 Å². The van der Waals surface area contributed by atoms with E-state index in [1.807, 2.05) is 35.0 Å². The van der Waals surface area contributed by atoms with Crippen molar-refractivity contribution >= 4 is 21.4 Å². The predicted octanol–water partition coefficient (Wildman–Crippen LogP) is 1.77. The molecule has 136 valence electrons. The van der Waals surface area contributed by atoms with Crippen LogP contribution in [0, 0.1) is 10.1 Å². The molecule has 0 atom stereocenters. The van der Waals surface area contributed by atoms with Crippen molar-refractivity contribution < 1.29 is 18.1 Å². The lowest BCUT2D eigenvalue weighted by atomic mass is 10.3. The largest absolute Gasteiger partial charge is 0.495 e. The molecule has 0 unspecified atom stereocenters. The van der Waals surface area contributed by atoms with Crippen LogP contribution in [0.4, 0.5) is 5.69 Å². The second-order valence-corrected chi connectivity index (χ2v) is 7.17. The van der Waals surface area contributed by atoms with E-state index in [2.05, 4.69) is 9.71 Å². The van der Waals surface area contributed by atoms with E-state index < -0.39 is 14.9 Å². The number of sulfonamides is 1. The Labute approximate surface area is 149 Å². The van der Waals surface area contributed by atoms with Gasteiger partial charge in [-0.1, -0.05) is 6.07 Å². The van der Waals surface area contributed by atoms with Gasteiger partial charge >= 0.3 is 0 Å². The first-order chi connectivity index (χ1) is 12.4. The maximum atomic E-state index is 12.5. The van der Waals surface area contributed by atoms with Crippen molar-refractivity contribution in [3.63, 3.8) is 0 Å². The van der Waals surface area contributed by atoms with Crippen molar-refractivity contribution in [1.82, 2.24) is 14.1 Å². The number of benzene rings is 1. The molecular weight excluding hydrogens is 360 g/mol. The predicted molar refractivity (Wildman–Crippen MR) is 93.7 cm³/mol. The molecular formula is C16H16N4O5S. The average Bonchev–Trinajstić information content (AvgIpc) is 3.03. The third kappa shape index (κ3) is 3.65. The Balaban J connectivity index is 1.76. The Bertz CT molecular complexity index is 1030. The van der Waals surface area contributed by atoms with Crippen LogP contribution in [-0.4, -0.2) is 36.4 Å². The van der Waals surface area contributed by atoms with Crippen molar-refractivity contribution in [2.45, 2.75) is 11.3 Å². The fraction of sp³-hybridized carbons (Fsp3) is 0.188. The van der Waals surface area contributed by atoms with Gasteiger partial charge in [0.05, 0.1) is 17.7 Å². The number of rotatable bonds is 7. The number of nitrogens with zero attached hydrogens (tertiary/aromatic N) is 3. The minimum Gasteiger partial charge on any atom is -0.495 e. The van der Waals surface area contributed by atoms with Crippen LogP contribution in [0.5, 0.6) is 5.75 Å². The van der Waals surface area contributed by atoms with E-state index in [1.54, 1.807) is 0 Å². The number of nitrogens with one attached hydrogen (secondary N) is 1. The second kappa shape index (κ2) is 7.10. The molecule has 0 bridgehead atoms. The zero-order valence-corrected chi connectivity index (χ0v) is 14.6. The Kier molecular flexibility index (Phi) is 4.87. The number of hydrogen-bond acceptors (Lipinski definition) is 6. The van der Waals surface area contributed by atoms with Crippen LogP contribution in [0.25, 0.3) is 5.65 Å². The summed E-state index contributed by atoms with van der Waals surface area (Å²) in [6, 6.07) is 9.01. The molecule has 0 fully saturated rings. The molecule has 1 aromatic carbocycles. The van der Waals surface area contributed by atoms with Gasteiger partial charge in [0, 0.05) is 37.5 Å². The molecule has 1 N–H and O–H groups in total. The number of non-ortho nitro benzene ring substituents is 1. The van der Waals surface area contributed by atoms with Crippen molar-refractivity contribution in [2.24, 2.45) is 0 Å². The molecule has 0 radical (unpaired) electrons. The van der Waals surface area contributed by atoms with Gasteiger partial charge in [0.1, 0.15) is 16.3 Å². The molecule has 3 rings (SSSR count). The summed E-state index contributed by atoms with van der Waals surface area (Å²) < 4.78 is 34.3. The Morgan fingerprint density at radius 3 is 2.81 bits per heavy atom. The Morgan fingerprint density at radius 2 is 2.12 bits per heavy atom. The molecule has 0 aliphatic rings. The number of hydrogen-bond donors (Lipinski definition) is 1. The number of ether oxygens (including phenoxy) is 1. The van der Waals surface area contributed by atoms with Gasteiger partial charge in [-0.05, 0) is 18.2 Å². The van der Waals surface area contributed by atoms with Crippen LogP contribution in [0.3, 0.4) is 0 Å². The first kappa shape index (κ1) is 17.8. The molecule has 9 nitrogen and oxygen atoms in total. The van der Waals surface area contributed by atoms with Gasteiger partial charge < -0.3 is 9.14 Å². The number of pyridine rings is 1. The van der Waals surface area contributed by atoms with E-state index >= 15 is 0 Å². The molecule has 0 saturated carbocycles. The Hall–Kier alpha value is -2.98. The summed E-state index contributed by atoms with van der Waals surface area (Å²) in [7, 11) is -2.67. The molecule has 0 saturated heterocycles. The standard InChI is InChI=1S/C16H16N4O5S/c1-25-14-6-5-13(20(21)22)10-15(14)26(23,24)17-8-7-12-11-19-9-3-2-4-16(19)18-12/h2-6,9-11,17H,7-8H2,1H3. The van der Waals surface area contributed by atoms with Crippen molar-refractivity contribution in [3.05, 3.63) is 64.6 Å². The average molecular weight is 376 g/mol. The van der Waals surface area contributed by atoms with Gasteiger partial charge in [-0.15, -0.1) is 0 Å². The second-order valence-electron chi connectivity index (χ2n) is 5.44. The topological polar surface area (TPSA) is 116 Å². The number of methoxy groups -OCH3 is 1. The van der Waals surface area contributed by atoms with Crippen LogP contribution < -0.4 is 9.46 Å². The molecule has 2 aromatic heterocycles. The summed E-state index contributed by atoms with van der Waals surface area (Å²) >= 11 is 0. The quantitative estimate of drug-likeness (QED) is 0.496. The molecule has 0 spiro atoms. The summed E-state index contributed by atoms with van der Waals surface area (Å²) in [6.07, 6.45) is 4.04.